The van der Waals surface area contributed by atoms with Gasteiger partial charge < -0.3 is 10.1 Å². The maximum atomic E-state index is 12.0. The molecule has 2 rings (SSSR count). The summed E-state index contributed by atoms with van der Waals surface area (Å²) in [5, 5.41) is 3.59. The van der Waals surface area contributed by atoms with Crippen LogP contribution < -0.4 is 5.32 Å². The van der Waals surface area contributed by atoms with E-state index in [-0.39, 0.29) is 10.8 Å². The van der Waals surface area contributed by atoms with Crippen molar-refractivity contribution in [2.45, 2.75) is 13.0 Å². The quantitative estimate of drug-likeness (QED) is 0.588. The topological polar surface area (TPSA) is 68.3 Å². The number of pyridine rings is 1. The van der Waals surface area contributed by atoms with E-state index in [1.54, 1.807) is 30.3 Å². The van der Waals surface area contributed by atoms with E-state index in [1.165, 1.54) is 25.3 Å². The minimum absolute atomic E-state index is 0.135. The summed E-state index contributed by atoms with van der Waals surface area (Å²) in [7, 11) is 0. The van der Waals surface area contributed by atoms with Crippen LogP contribution in [0.4, 0.5) is 5.82 Å². The molecule has 1 aromatic carbocycles. The summed E-state index contributed by atoms with van der Waals surface area (Å²) >= 11 is 17.4. The van der Waals surface area contributed by atoms with E-state index in [1.807, 2.05) is 0 Å². The molecule has 25 heavy (non-hydrogen) atoms. The number of benzene rings is 1. The minimum atomic E-state index is -1.03. The number of ether oxygens (including phenoxy) is 1. The van der Waals surface area contributed by atoms with E-state index < -0.39 is 18.0 Å². The number of esters is 1. The molecular formula is C17H13Cl3N2O3. The number of nitrogens with zero attached hydrogens (tertiary/aromatic N) is 1. The van der Waals surface area contributed by atoms with Gasteiger partial charge in [0.1, 0.15) is 0 Å². The van der Waals surface area contributed by atoms with Gasteiger partial charge in [0.2, 0.25) is 0 Å². The van der Waals surface area contributed by atoms with Crippen molar-refractivity contribution in [3.63, 3.8) is 0 Å². The lowest BCUT2D eigenvalue weighted by Gasteiger charge is -2.12. The Balaban J connectivity index is 1.91. The first kappa shape index (κ1) is 19.2. The highest BCUT2D eigenvalue weighted by Crippen LogP contribution is 2.22. The molecule has 0 bridgehead atoms. The maximum Gasteiger partial charge on any atom is 0.331 e. The summed E-state index contributed by atoms with van der Waals surface area (Å²) in [6.07, 6.45) is 3.09. The van der Waals surface area contributed by atoms with Gasteiger partial charge in [0.15, 0.2) is 11.9 Å². The van der Waals surface area contributed by atoms with Crippen LogP contribution >= 0.6 is 34.8 Å². The van der Waals surface area contributed by atoms with Gasteiger partial charge in [0.25, 0.3) is 5.91 Å². The molecule has 0 aliphatic heterocycles. The summed E-state index contributed by atoms with van der Waals surface area (Å²) in [5.74, 6) is -1.09. The molecule has 0 aliphatic carbocycles. The Morgan fingerprint density at radius 1 is 1.16 bits per heavy atom. The van der Waals surface area contributed by atoms with E-state index >= 15 is 0 Å². The molecular weight excluding hydrogens is 387 g/mol. The third kappa shape index (κ3) is 6.05. The summed E-state index contributed by atoms with van der Waals surface area (Å²) in [6, 6.07) is 8.33. The van der Waals surface area contributed by atoms with Gasteiger partial charge in [-0.05, 0) is 36.8 Å². The molecule has 1 unspecified atom stereocenters. The lowest BCUT2D eigenvalue weighted by molar-refractivity contribution is -0.148. The van der Waals surface area contributed by atoms with Crippen molar-refractivity contribution in [3.05, 3.63) is 63.2 Å². The van der Waals surface area contributed by atoms with Gasteiger partial charge in [-0.1, -0.05) is 46.9 Å². The zero-order valence-corrected chi connectivity index (χ0v) is 15.3. The predicted octanol–water partition coefficient (Wildman–Crippen LogP) is 4.63. The zero-order chi connectivity index (χ0) is 18.4. The molecule has 1 aromatic heterocycles. The standard InChI is InChI=1S/C17H13Cl3N2O3/c1-10(17(24)22-16-14(20)8-13(19)9-21-16)25-15(23)7-4-11-2-5-12(18)6-3-11/h2-10H,1H3,(H,21,22,24). The number of halogens is 3. The van der Waals surface area contributed by atoms with Crippen molar-refractivity contribution in [2.75, 3.05) is 5.32 Å². The Morgan fingerprint density at radius 3 is 2.48 bits per heavy atom. The molecule has 8 heteroatoms. The van der Waals surface area contributed by atoms with E-state index in [9.17, 15) is 9.59 Å². The molecule has 130 valence electrons. The fourth-order valence-corrected chi connectivity index (χ4v) is 2.28. The predicted molar refractivity (Wildman–Crippen MR) is 98.9 cm³/mol. The van der Waals surface area contributed by atoms with Crippen molar-refractivity contribution in [3.8, 4) is 0 Å². The fraction of sp³-hybridized carbons (Fsp3) is 0.118. The highest BCUT2D eigenvalue weighted by Gasteiger charge is 2.18. The number of nitrogens with one attached hydrogen (secondary N) is 1. The van der Waals surface area contributed by atoms with Gasteiger partial charge in [-0.3, -0.25) is 4.79 Å². The third-order valence-electron chi connectivity index (χ3n) is 2.99. The monoisotopic (exact) mass is 398 g/mol. The van der Waals surface area contributed by atoms with Crippen molar-refractivity contribution in [2.24, 2.45) is 0 Å². The average Bonchev–Trinajstić information content (AvgIpc) is 2.56. The SMILES string of the molecule is CC(OC(=O)C=Cc1ccc(Cl)cc1)C(=O)Nc1ncc(Cl)cc1Cl. The van der Waals surface area contributed by atoms with Crippen LogP contribution in [-0.4, -0.2) is 23.0 Å². The molecule has 1 N–H and O–H groups in total. The highest BCUT2D eigenvalue weighted by atomic mass is 35.5. The number of carbonyl (C=O) groups excluding carboxylic acids is 2. The molecule has 1 heterocycles. The lowest BCUT2D eigenvalue weighted by Crippen LogP contribution is -2.29. The summed E-state index contributed by atoms with van der Waals surface area (Å²) in [5.41, 5.74) is 0.774. The van der Waals surface area contributed by atoms with Crippen LogP contribution in [0.1, 0.15) is 12.5 Å². The van der Waals surface area contributed by atoms with Crippen molar-refractivity contribution < 1.29 is 14.3 Å². The second-order valence-corrected chi connectivity index (χ2v) is 6.22. The summed E-state index contributed by atoms with van der Waals surface area (Å²) in [4.78, 5) is 27.7. The van der Waals surface area contributed by atoms with Crippen LogP contribution in [0.3, 0.4) is 0 Å². The van der Waals surface area contributed by atoms with Gasteiger partial charge >= 0.3 is 5.97 Å². The molecule has 2 aromatic rings. The molecule has 0 saturated heterocycles. The Bertz CT molecular complexity index is 807. The second-order valence-electron chi connectivity index (χ2n) is 4.94. The normalized spacial score (nSPS) is 12.0. The van der Waals surface area contributed by atoms with Crippen LogP contribution in [0.25, 0.3) is 6.08 Å². The van der Waals surface area contributed by atoms with Crippen LogP contribution in [0, 0.1) is 0 Å². The number of hydrogen-bond acceptors (Lipinski definition) is 4. The molecule has 1 atom stereocenters. The summed E-state index contributed by atoms with van der Waals surface area (Å²) in [6.45, 7) is 1.44. The maximum absolute atomic E-state index is 12.0. The minimum Gasteiger partial charge on any atom is -0.449 e. The molecule has 0 aliphatic rings. The zero-order valence-electron chi connectivity index (χ0n) is 13.0. The van der Waals surface area contributed by atoms with Crippen LogP contribution in [0.5, 0.6) is 0 Å². The number of anilines is 1. The Morgan fingerprint density at radius 2 is 1.84 bits per heavy atom. The smallest absolute Gasteiger partial charge is 0.331 e. The van der Waals surface area contributed by atoms with Crippen LogP contribution in [0.2, 0.25) is 15.1 Å². The van der Waals surface area contributed by atoms with Crippen molar-refractivity contribution in [1.82, 2.24) is 4.98 Å². The van der Waals surface area contributed by atoms with Crippen LogP contribution in [0.15, 0.2) is 42.6 Å². The van der Waals surface area contributed by atoms with Gasteiger partial charge in [0.05, 0.1) is 10.0 Å². The first-order chi connectivity index (χ1) is 11.8. The van der Waals surface area contributed by atoms with Crippen molar-refractivity contribution in [1.29, 1.82) is 0 Å². The lowest BCUT2D eigenvalue weighted by atomic mass is 10.2. The average molecular weight is 400 g/mol. The van der Waals surface area contributed by atoms with Gasteiger partial charge in [-0.2, -0.15) is 0 Å². The number of rotatable bonds is 5. The van der Waals surface area contributed by atoms with Crippen LogP contribution in [-0.2, 0) is 14.3 Å². The largest absolute Gasteiger partial charge is 0.449 e. The van der Waals surface area contributed by atoms with E-state index in [0.717, 1.165) is 5.56 Å². The van der Waals surface area contributed by atoms with E-state index in [2.05, 4.69) is 10.3 Å². The molecule has 0 radical (unpaired) electrons. The first-order valence-corrected chi connectivity index (χ1v) is 8.24. The van der Waals surface area contributed by atoms with Gasteiger partial charge in [-0.15, -0.1) is 0 Å². The highest BCUT2D eigenvalue weighted by molar-refractivity contribution is 6.36. The number of amides is 1. The Hall–Kier alpha value is -2.08. The molecule has 0 spiro atoms. The molecule has 5 nitrogen and oxygen atoms in total. The van der Waals surface area contributed by atoms with E-state index in [0.29, 0.717) is 10.0 Å². The third-order valence-corrected chi connectivity index (χ3v) is 3.74. The van der Waals surface area contributed by atoms with Gasteiger partial charge in [-0.25, -0.2) is 9.78 Å². The van der Waals surface area contributed by atoms with Crippen molar-refractivity contribution >= 4 is 58.6 Å². The van der Waals surface area contributed by atoms with Gasteiger partial charge in [0, 0.05) is 17.3 Å². The molecule has 0 saturated carbocycles. The Kier molecular flexibility index (Phi) is 6.82. The number of hydrogen-bond donors (Lipinski definition) is 1. The second kappa shape index (κ2) is 8.85. The molecule has 1 amide bonds. The van der Waals surface area contributed by atoms with E-state index in [4.69, 9.17) is 39.5 Å². The summed E-state index contributed by atoms with van der Waals surface area (Å²) < 4.78 is 5.03. The number of carbonyl (C=O) groups is 2. The number of aromatic nitrogens is 1. The molecule has 0 fully saturated rings. The fourth-order valence-electron chi connectivity index (χ4n) is 1.73. The first-order valence-electron chi connectivity index (χ1n) is 7.11. The Labute approximate surface area is 159 Å².